The van der Waals surface area contributed by atoms with E-state index in [-0.39, 0.29) is 17.0 Å². The molecule has 10 heteroatoms. The van der Waals surface area contributed by atoms with E-state index in [9.17, 15) is 13.2 Å². The molecule has 1 aliphatic heterocycles. The highest BCUT2D eigenvalue weighted by Gasteiger charge is 2.29. The molecule has 0 atom stereocenters. The van der Waals surface area contributed by atoms with Gasteiger partial charge in [-0.1, -0.05) is 17.7 Å². The minimum atomic E-state index is -4.07. The number of aromatic nitrogens is 4. The SMILES string of the molecule is Cc1ccc(C(=O)NS(=O)(=O)c2cnn3c2CN(c2ncccn2)CC3)cc1. The molecule has 0 unspecified atom stereocenters. The number of carbonyl (C=O) groups excluding carboxylic acids is 1. The molecule has 0 saturated carbocycles. The number of aryl methyl sites for hydroxylation is 1. The molecule has 0 spiro atoms. The molecule has 0 radical (unpaired) electrons. The number of hydrogen-bond acceptors (Lipinski definition) is 7. The Morgan fingerprint density at radius 1 is 1.11 bits per heavy atom. The second-order valence-electron chi connectivity index (χ2n) is 6.45. The molecule has 144 valence electrons. The zero-order chi connectivity index (χ0) is 19.7. The van der Waals surface area contributed by atoms with Crippen LogP contribution in [0.5, 0.6) is 0 Å². The highest BCUT2D eigenvalue weighted by atomic mass is 32.2. The lowest BCUT2D eigenvalue weighted by atomic mass is 10.1. The van der Waals surface area contributed by atoms with Gasteiger partial charge in [-0.3, -0.25) is 9.48 Å². The average molecular weight is 398 g/mol. The summed E-state index contributed by atoms with van der Waals surface area (Å²) < 4.78 is 29.4. The standard InChI is InChI=1S/C18H18N6O3S/c1-13-3-5-14(6-4-13)17(25)22-28(26,27)16-11-21-24-10-9-23(12-15(16)24)18-19-7-2-8-20-18/h2-8,11H,9-10,12H2,1H3,(H,22,25). The molecule has 3 aromatic rings. The van der Waals surface area contributed by atoms with Crippen molar-refractivity contribution in [3.8, 4) is 0 Å². The maximum absolute atomic E-state index is 12.8. The van der Waals surface area contributed by atoms with Gasteiger partial charge < -0.3 is 4.90 Å². The maximum atomic E-state index is 12.8. The van der Waals surface area contributed by atoms with E-state index in [0.29, 0.717) is 24.7 Å². The van der Waals surface area contributed by atoms with Gasteiger partial charge in [0.1, 0.15) is 4.90 Å². The Kier molecular flexibility index (Phi) is 4.55. The quantitative estimate of drug-likeness (QED) is 0.701. The van der Waals surface area contributed by atoms with Crippen molar-refractivity contribution in [3.63, 3.8) is 0 Å². The van der Waals surface area contributed by atoms with Crippen LogP contribution in [0.3, 0.4) is 0 Å². The number of benzene rings is 1. The molecule has 9 nitrogen and oxygen atoms in total. The van der Waals surface area contributed by atoms with Crippen LogP contribution in [0.2, 0.25) is 0 Å². The zero-order valence-electron chi connectivity index (χ0n) is 15.1. The minimum Gasteiger partial charge on any atom is -0.333 e. The number of nitrogens with zero attached hydrogens (tertiary/aromatic N) is 5. The number of anilines is 1. The maximum Gasteiger partial charge on any atom is 0.267 e. The summed E-state index contributed by atoms with van der Waals surface area (Å²) in [5, 5.41) is 4.16. The number of nitrogens with one attached hydrogen (secondary N) is 1. The smallest absolute Gasteiger partial charge is 0.267 e. The molecule has 3 heterocycles. The second-order valence-corrected chi connectivity index (χ2v) is 8.10. The summed E-state index contributed by atoms with van der Waals surface area (Å²) in [5.41, 5.74) is 1.74. The highest BCUT2D eigenvalue weighted by molar-refractivity contribution is 7.90. The Bertz CT molecular complexity index is 1110. The molecule has 0 bridgehead atoms. The molecule has 4 rings (SSSR count). The number of hydrogen-bond donors (Lipinski definition) is 1. The molecule has 0 saturated heterocycles. The molecular weight excluding hydrogens is 380 g/mol. The summed E-state index contributed by atoms with van der Waals surface area (Å²) in [7, 11) is -4.07. The van der Waals surface area contributed by atoms with Gasteiger partial charge in [0.2, 0.25) is 5.95 Å². The van der Waals surface area contributed by atoms with Crippen molar-refractivity contribution in [3.05, 3.63) is 65.7 Å². The number of sulfonamides is 1. The van der Waals surface area contributed by atoms with Gasteiger partial charge in [-0.15, -0.1) is 0 Å². The molecule has 2 aromatic heterocycles. The van der Waals surface area contributed by atoms with Crippen LogP contribution >= 0.6 is 0 Å². The zero-order valence-corrected chi connectivity index (χ0v) is 15.9. The fourth-order valence-corrected chi connectivity index (χ4v) is 4.15. The van der Waals surface area contributed by atoms with Crippen molar-refractivity contribution < 1.29 is 13.2 Å². The lowest BCUT2D eigenvalue weighted by Gasteiger charge is -2.28. The van der Waals surface area contributed by atoms with Crippen LogP contribution in [0, 0.1) is 6.92 Å². The van der Waals surface area contributed by atoms with Crippen molar-refractivity contribution in [2.75, 3.05) is 11.4 Å². The first-order chi connectivity index (χ1) is 13.4. The monoisotopic (exact) mass is 398 g/mol. The largest absolute Gasteiger partial charge is 0.333 e. The summed E-state index contributed by atoms with van der Waals surface area (Å²) in [5.74, 6) is -0.166. The van der Waals surface area contributed by atoms with Gasteiger partial charge in [-0.25, -0.2) is 23.1 Å². The van der Waals surface area contributed by atoms with Gasteiger partial charge in [0, 0.05) is 24.5 Å². The first kappa shape index (κ1) is 18.1. The predicted molar refractivity (Wildman–Crippen MR) is 101 cm³/mol. The predicted octanol–water partition coefficient (Wildman–Crippen LogP) is 1.12. The molecule has 1 aliphatic rings. The van der Waals surface area contributed by atoms with Crippen molar-refractivity contribution >= 4 is 21.9 Å². The fraction of sp³-hybridized carbons (Fsp3) is 0.222. The Morgan fingerprint density at radius 2 is 1.82 bits per heavy atom. The Hall–Kier alpha value is -3.27. The third-order valence-corrected chi connectivity index (χ3v) is 5.87. The first-order valence-corrected chi connectivity index (χ1v) is 10.1. The van der Waals surface area contributed by atoms with Gasteiger partial charge in [-0.05, 0) is 25.1 Å². The van der Waals surface area contributed by atoms with Crippen LogP contribution in [0.1, 0.15) is 21.6 Å². The number of rotatable bonds is 4. The van der Waals surface area contributed by atoms with E-state index in [2.05, 4.69) is 19.8 Å². The van der Waals surface area contributed by atoms with Crippen molar-refractivity contribution in [1.82, 2.24) is 24.5 Å². The van der Waals surface area contributed by atoms with Gasteiger partial charge in [-0.2, -0.15) is 5.10 Å². The van der Waals surface area contributed by atoms with Crippen molar-refractivity contribution in [2.45, 2.75) is 24.9 Å². The van der Waals surface area contributed by atoms with Crippen LogP contribution in [-0.2, 0) is 23.1 Å². The normalized spacial score (nSPS) is 13.8. The summed E-state index contributed by atoms with van der Waals surface area (Å²) in [4.78, 5) is 22.7. The van der Waals surface area contributed by atoms with Gasteiger partial charge >= 0.3 is 0 Å². The fourth-order valence-electron chi connectivity index (χ4n) is 3.01. The van der Waals surface area contributed by atoms with Crippen molar-refractivity contribution in [1.29, 1.82) is 0 Å². The molecule has 0 fully saturated rings. The summed E-state index contributed by atoms with van der Waals surface area (Å²) in [6.45, 7) is 3.27. The van der Waals surface area contributed by atoms with E-state index in [4.69, 9.17) is 0 Å². The summed E-state index contributed by atoms with van der Waals surface area (Å²) in [6, 6.07) is 8.39. The third kappa shape index (κ3) is 3.46. The second kappa shape index (κ2) is 7.04. The molecule has 1 aromatic carbocycles. The van der Waals surface area contributed by atoms with Crippen LogP contribution in [-0.4, -0.2) is 40.6 Å². The van der Waals surface area contributed by atoms with Crippen LogP contribution in [0.4, 0.5) is 5.95 Å². The van der Waals surface area contributed by atoms with E-state index in [0.717, 1.165) is 5.56 Å². The van der Waals surface area contributed by atoms with E-state index in [1.807, 2.05) is 11.8 Å². The van der Waals surface area contributed by atoms with Crippen LogP contribution in [0.15, 0.2) is 53.8 Å². The van der Waals surface area contributed by atoms with Crippen LogP contribution < -0.4 is 9.62 Å². The van der Waals surface area contributed by atoms with E-state index in [1.54, 1.807) is 47.4 Å². The number of amides is 1. The Morgan fingerprint density at radius 3 is 2.54 bits per heavy atom. The van der Waals surface area contributed by atoms with E-state index < -0.39 is 15.9 Å². The summed E-state index contributed by atoms with van der Waals surface area (Å²) in [6.07, 6.45) is 4.54. The molecule has 1 N–H and O–H groups in total. The third-order valence-electron chi connectivity index (χ3n) is 4.50. The molecule has 0 aliphatic carbocycles. The van der Waals surface area contributed by atoms with Gasteiger partial charge in [0.15, 0.2) is 0 Å². The Balaban J connectivity index is 1.59. The van der Waals surface area contributed by atoms with Gasteiger partial charge in [0.05, 0.1) is 25.0 Å². The molecule has 28 heavy (non-hydrogen) atoms. The molecule has 1 amide bonds. The topological polar surface area (TPSA) is 110 Å². The number of carbonyl (C=O) groups is 1. The lowest BCUT2D eigenvalue weighted by molar-refractivity contribution is 0.0981. The average Bonchev–Trinajstić information content (AvgIpc) is 3.13. The number of fused-ring (bicyclic) bond motifs is 1. The van der Waals surface area contributed by atoms with Crippen LogP contribution in [0.25, 0.3) is 0 Å². The Labute approximate surface area is 162 Å². The molecular formula is C18H18N6O3S. The first-order valence-electron chi connectivity index (χ1n) is 8.64. The lowest BCUT2D eigenvalue weighted by Crippen LogP contribution is -2.37. The van der Waals surface area contributed by atoms with Crippen molar-refractivity contribution in [2.24, 2.45) is 0 Å². The van der Waals surface area contributed by atoms with Gasteiger partial charge in [0.25, 0.3) is 15.9 Å². The summed E-state index contributed by atoms with van der Waals surface area (Å²) >= 11 is 0. The van der Waals surface area contributed by atoms with E-state index >= 15 is 0 Å². The van der Waals surface area contributed by atoms with E-state index in [1.165, 1.54) is 6.20 Å². The minimum absolute atomic E-state index is 0.0198. The highest BCUT2D eigenvalue weighted by Crippen LogP contribution is 2.23.